The zero-order chi connectivity index (χ0) is 22.4. The molecule has 0 fully saturated rings. The predicted molar refractivity (Wildman–Crippen MR) is 102 cm³/mol. The molecule has 0 aliphatic carbocycles. The lowest BCUT2D eigenvalue weighted by molar-refractivity contribution is -0.137. The molecule has 13 heteroatoms. The lowest BCUT2D eigenvalue weighted by atomic mass is 9.82. The van der Waals surface area contributed by atoms with Gasteiger partial charge in [0.1, 0.15) is 10.6 Å². The van der Waals surface area contributed by atoms with E-state index in [9.17, 15) is 27.4 Å². The number of halogens is 4. The zero-order valence-electron chi connectivity index (χ0n) is 15.4. The van der Waals surface area contributed by atoms with Gasteiger partial charge in [0.15, 0.2) is 11.4 Å². The van der Waals surface area contributed by atoms with E-state index in [4.69, 9.17) is 18.2 Å². The summed E-state index contributed by atoms with van der Waals surface area (Å²) < 4.78 is 53.6. The van der Waals surface area contributed by atoms with Crippen LogP contribution in [-0.2, 0) is 27.3 Å². The number of hydrogen-bond acceptors (Lipinski definition) is 5. The summed E-state index contributed by atoms with van der Waals surface area (Å²) in [5.74, 6) is -1.15. The number of nitrogens with one attached hydrogen (secondary N) is 2. The molecule has 0 radical (unpaired) electrons. The first-order valence-corrected chi connectivity index (χ1v) is 10.1. The summed E-state index contributed by atoms with van der Waals surface area (Å²) in [5, 5.41) is 18.1. The molecule has 30 heavy (non-hydrogen) atoms. The smallest absolute Gasteiger partial charge is 0.358 e. The molecule has 1 amide bonds. The monoisotopic (exact) mass is 456 g/mol. The number of carbonyl (C=O) groups excluding carboxylic acids is 1. The van der Waals surface area contributed by atoms with Gasteiger partial charge in [0.05, 0.1) is 23.1 Å². The highest BCUT2D eigenvalue weighted by molar-refractivity contribution is 7.84. The fourth-order valence-electron chi connectivity index (χ4n) is 3.31. The third kappa shape index (κ3) is 3.09. The molecule has 0 spiro atoms. The van der Waals surface area contributed by atoms with E-state index in [1.54, 1.807) is 6.07 Å². The fraction of sp³-hybridized carbons (Fsp3) is 0.294. The Morgan fingerprint density at radius 3 is 2.70 bits per heavy atom. The third-order valence-corrected chi connectivity index (χ3v) is 5.81. The molecular weight excluding hydrogens is 445 g/mol. The van der Waals surface area contributed by atoms with Crippen molar-refractivity contribution < 1.29 is 22.2 Å². The summed E-state index contributed by atoms with van der Waals surface area (Å²) in [6.45, 7) is 7.29. The van der Waals surface area contributed by atoms with Gasteiger partial charge in [0, 0.05) is 29.7 Å². The van der Waals surface area contributed by atoms with Crippen LogP contribution >= 0.6 is 11.6 Å². The van der Waals surface area contributed by atoms with Crippen LogP contribution in [0.4, 0.5) is 24.8 Å². The normalized spacial score (nSPS) is 18.3. The number of benzene rings is 1. The Labute approximate surface area is 175 Å². The lowest BCUT2D eigenvalue weighted by Gasteiger charge is -2.37. The average molecular weight is 457 g/mol. The first kappa shape index (κ1) is 21.6. The molecule has 0 saturated heterocycles. The molecule has 2 heterocycles. The number of amides is 1. The number of nitrogens with zero attached hydrogens (tertiary/aromatic N) is 4. The molecule has 156 valence electrons. The van der Waals surface area contributed by atoms with Crippen LogP contribution in [0.5, 0.6) is 0 Å². The van der Waals surface area contributed by atoms with E-state index in [1.807, 2.05) is 0 Å². The van der Waals surface area contributed by atoms with Crippen LogP contribution in [0.1, 0.15) is 17.5 Å². The molecule has 2 atom stereocenters. The Hall–Kier alpha value is -3.09. The quantitative estimate of drug-likeness (QED) is 0.691. The minimum absolute atomic E-state index is 0.0576. The van der Waals surface area contributed by atoms with E-state index in [1.165, 1.54) is 13.3 Å². The van der Waals surface area contributed by atoms with E-state index in [0.717, 1.165) is 4.68 Å². The van der Waals surface area contributed by atoms with Crippen molar-refractivity contribution in [1.29, 1.82) is 5.26 Å². The van der Waals surface area contributed by atoms with Gasteiger partial charge in [0.2, 0.25) is 0 Å². The molecule has 1 aliphatic rings. The average Bonchev–Trinajstić information content (AvgIpc) is 3.04. The maximum absolute atomic E-state index is 13.4. The van der Waals surface area contributed by atoms with Gasteiger partial charge in [-0.15, -0.1) is 4.68 Å². The van der Waals surface area contributed by atoms with E-state index in [0.29, 0.717) is 12.1 Å². The van der Waals surface area contributed by atoms with Crippen molar-refractivity contribution in [2.45, 2.75) is 23.0 Å². The number of anilines is 1. The van der Waals surface area contributed by atoms with Crippen LogP contribution in [-0.4, -0.2) is 33.2 Å². The zero-order valence-corrected chi connectivity index (χ0v) is 17.0. The number of aromatic nitrogens is 2. The van der Waals surface area contributed by atoms with Gasteiger partial charge < -0.3 is 15.5 Å². The first-order valence-electron chi connectivity index (χ1n) is 8.14. The summed E-state index contributed by atoms with van der Waals surface area (Å²) in [6, 6.07) is 3.18. The van der Waals surface area contributed by atoms with Crippen molar-refractivity contribution in [3.05, 3.63) is 39.7 Å². The summed E-state index contributed by atoms with van der Waals surface area (Å²) in [5.41, 5.74) is -3.48. The fourth-order valence-corrected chi connectivity index (χ4v) is 4.36. The van der Waals surface area contributed by atoms with Gasteiger partial charge in [-0.05, 0) is 17.2 Å². The number of hydrogen-bond donors (Lipinski definition) is 2. The second-order valence-corrected chi connectivity index (χ2v) is 8.00. The molecular formula is C17H12ClF3N6O2S. The van der Waals surface area contributed by atoms with E-state index < -0.39 is 45.4 Å². The predicted octanol–water partition coefficient (Wildman–Crippen LogP) is 3.11. The Kier molecular flexibility index (Phi) is 5.26. The molecule has 0 bridgehead atoms. The van der Waals surface area contributed by atoms with Gasteiger partial charge in [0.25, 0.3) is 5.91 Å². The summed E-state index contributed by atoms with van der Waals surface area (Å²) >= 11 is 6.18. The Bertz CT molecular complexity index is 1180. The number of rotatable bonds is 3. The van der Waals surface area contributed by atoms with Crippen LogP contribution in [0, 0.1) is 17.9 Å². The summed E-state index contributed by atoms with van der Waals surface area (Å²) in [4.78, 5) is 16.0. The Balaban J connectivity index is 2.52. The van der Waals surface area contributed by atoms with Gasteiger partial charge in [-0.25, -0.2) is 0 Å². The molecule has 8 nitrogen and oxygen atoms in total. The summed E-state index contributed by atoms with van der Waals surface area (Å²) in [6.07, 6.45) is -4.07. The molecule has 1 aromatic carbocycles. The highest BCUT2D eigenvalue weighted by Crippen LogP contribution is 2.48. The topological polar surface area (TPSA) is 104 Å². The molecule has 3 rings (SSSR count). The van der Waals surface area contributed by atoms with Gasteiger partial charge in [-0.2, -0.15) is 18.4 Å². The Morgan fingerprint density at radius 2 is 2.20 bits per heavy atom. The molecule has 1 aromatic heterocycles. The maximum atomic E-state index is 13.4. The van der Waals surface area contributed by atoms with Crippen molar-refractivity contribution in [3.8, 4) is 11.8 Å². The Morgan fingerprint density at radius 1 is 1.53 bits per heavy atom. The van der Waals surface area contributed by atoms with Crippen molar-refractivity contribution in [1.82, 2.24) is 15.1 Å². The van der Waals surface area contributed by atoms with Crippen molar-refractivity contribution in [3.63, 3.8) is 0 Å². The van der Waals surface area contributed by atoms with Gasteiger partial charge in [-0.1, -0.05) is 18.2 Å². The summed E-state index contributed by atoms with van der Waals surface area (Å²) in [7, 11) is -0.493. The van der Waals surface area contributed by atoms with Crippen LogP contribution in [0.15, 0.2) is 17.0 Å². The highest BCUT2D eigenvalue weighted by atomic mass is 35.5. The van der Waals surface area contributed by atoms with Crippen molar-refractivity contribution >= 4 is 39.9 Å². The maximum Gasteiger partial charge on any atom is 0.416 e. The third-order valence-electron chi connectivity index (χ3n) is 4.57. The van der Waals surface area contributed by atoms with Crippen LogP contribution < -0.4 is 10.6 Å². The SMILES string of the molecule is [C-]#[N+]c1nn2c(c1S(C)=O)NC(CC#N)(C(=O)NC)c1cc(C(F)(F)F)cc(Cl)c1-2. The molecule has 0 saturated carbocycles. The molecule has 1 aliphatic heterocycles. The number of nitriles is 1. The number of carbonyl (C=O) groups is 1. The van der Waals surface area contributed by atoms with Crippen LogP contribution in [0.2, 0.25) is 5.02 Å². The lowest BCUT2D eigenvalue weighted by Crippen LogP contribution is -2.52. The van der Waals surface area contributed by atoms with E-state index in [-0.39, 0.29) is 27.8 Å². The highest BCUT2D eigenvalue weighted by Gasteiger charge is 2.50. The minimum Gasteiger partial charge on any atom is -0.358 e. The minimum atomic E-state index is -4.78. The number of alkyl halides is 3. The second kappa shape index (κ2) is 7.31. The largest absolute Gasteiger partial charge is 0.416 e. The van der Waals surface area contributed by atoms with Crippen molar-refractivity contribution in [2.24, 2.45) is 0 Å². The van der Waals surface area contributed by atoms with Crippen LogP contribution in [0.3, 0.4) is 0 Å². The molecule has 2 aromatic rings. The van der Waals surface area contributed by atoms with Crippen molar-refractivity contribution in [2.75, 3.05) is 18.6 Å². The second-order valence-electron chi connectivity index (χ2n) is 6.28. The van der Waals surface area contributed by atoms with Gasteiger partial charge >= 0.3 is 12.0 Å². The standard InChI is InChI=1S/C17H12ClF3N6O2S/c1-23-13-12(30(3)29)14-25-16(4-5-22,15(28)24-2)9-6-8(17(19,20)21)7-10(18)11(9)27(14)26-13/h6-7,25H,4H2,2-3H3,(H,24,28). The number of fused-ring (bicyclic) bond motifs is 3. The van der Waals surface area contributed by atoms with E-state index in [2.05, 4.69) is 20.6 Å². The number of likely N-dealkylation sites (N-methyl/N-ethyl adjacent to an activating group) is 1. The first-order chi connectivity index (χ1) is 14.0. The van der Waals surface area contributed by atoms with Crippen LogP contribution in [0.25, 0.3) is 10.5 Å². The van der Waals surface area contributed by atoms with Gasteiger partial charge in [-0.3, -0.25) is 9.00 Å². The molecule has 2 unspecified atom stereocenters. The van der Waals surface area contributed by atoms with E-state index >= 15 is 0 Å². The molecule has 2 N–H and O–H groups in total.